The van der Waals surface area contributed by atoms with Gasteiger partial charge in [0, 0.05) is 59.2 Å². The van der Waals surface area contributed by atoms with E-state index in [0.29, 0.717) is 0 Å². The third kappa shape index (κ3) is 11.0. The monoisotopic (exact) mass is 831 g/mol. The molecule has 0 aliphatic carbocycles. The van der Waals surface area contributed by atoms with Crippen LogP contribution in [0.4, 0.5) is 0 Å². The van der Waals surface area contributed by atoms with Crippen molar-refractivity contribution in [3.05, 3.63) is 88.8 Å². The smallest absolute Gasteiger partial charge is 0.162 e. The van der Waals surface area contributed by atoms with Crippen molar-refractivity contribution in [1.29, 1.82) is 0 Å². The Labute approximate surface area is 302 Å². The molecular weight excluding hydrogens is 775 g/mol. The quantitative estimate of drug-likeness (QED) is 0.104. The molecule has 257 valence electrons. The summed E-state index contributed by atoms with van der Waals surface area (Å²) < 4.78 is 1.27. The molecule has 0 amide bonds. The van der Waals surface area contributed by atoms with Gasteiger partial charge in [0.25, 0.3) is 0 Å². The molecule has 0 aliphatic heterocycles. The van der Waals surface area contributed by atoms with Crippen LogP contribution in [0, 0.1) is 31.7 Å². The molecule has 0 spiro atoms. The number of allylic oxidation sites excluding steroid dienone is 2. The number of pyridine rings is 1. The first-order valence-corrected chi connectivity index (χ1v) is 17.8. The van der Waals surface area contributed by atoms with Gasteiger partial charge in [-0.1, -0.05) is 95.2 Å². The second kappa shape index (κ2) is 17.2. The molecule has 0 atom stereocenters. The summed E-state index contributed by atoms with van der Waals surface area (Å²) in [6.07, 6.45) is 6.91. The minimum absolute atomic E-state index is 0. The Morgan fingerprint density at radius 3 is 1.87 bits per heavy atom. The van der Waals surface area contributed by atoms with Crippen molar-refractivity contribution < 1.29 is 30.0 Å². The van der Waals surface area contributed by atoms with Gasteiger partial charge in [0.2, 0.25) is 0 Å². The van der Waals surface area contributed by atoms with Gasteiger partial charge in [-0.3, -0.25) is 4.79 Å². The van der Waals surface area contributed by atoms with Crippen LogP contribution in [0.2, 0.25) is 0 Å². The van der Waals surface area contributed by atoms with Crippen LogP contribution in [-0.2, 0) is 35.7 Å². The first-order valence-electron chi connectivity index (χ1n) is 17.0. The molecule has 2 aromatic carbocycles. The van der Waals surface area contributed by atoms with E-state index in [1.807, 2.05) is 45.2 Å². The number of ketones is 1. The van der Waals surface area contributed by atoms with E-state index in [1.54, 1.807) is 0 Å². The number of aryl methyl sites for hydroxylation is 2. The fourth-order valence-electron chi connectivity index (χ4n) is 5.67. The van der Waals surface area contributed by atoms with Gasteiger partial charge in [-0.2, -0.15) is 0 Å². The van der Waals surface area contributed by atoms with Crippen LogP contribution < -0.4 is 0 Å². The van der Waals surface area contributed by atoms with Crippen LogP contribution in [0.25, 0.3) is 31.8 Å². The second-order valence-corrected chi connectivity index (χ2v) is 15.9. The number of rotatable bonds is 9. The van der Waals surface area contributed by atoms with Crippen molar-refractivity contribution in [2.24, 2.45) is 11.8 Å². The number of carbonyl (C=O) groups excluding carboxylic acids is 1. The molecule has 0 saturated heterocycles. The number of hydrogen-bond acceptors (Lipinski definition) is 4. The van der Waals surface area contributed by atoms with Gasteiger partial charge in [0.05, 0.1) is 5.76 Å². The number of aliphatic hydroxyl groups is 1. The number of hydrogen-bond donors (Lipinski definition) is 1. The second-order valence-electron chi connectivity index (χ2n) is 14.8. The van der Waals surface area contributed by atoms with Crippen LogP contribution in [-0.4, -0.2) is 15.9 Å². The Morgan fingerprint density at radius 1 is 0.830 bits per heavy atom. The minimum atomic E-state index is 0. The van der Waals surface area contributed by atoms with Crippen LogP contribution in [0.15, 0.2) is 60.5 Å². The molecule has 0 saturated carbocycles. The van der Waals surface area contributed by atoms with Crippen molar-refractivity contribution in [1.82, 2.24) is 4.98 Å². The van der Waals surface area contributed by atoms with Crippen LogP contribution >= 0.6 is 11.3 Å². The van der Waals surface area contributed by atoms with E-state index in [0.717, 1.165) is 42.5 Å². The molecule has 2 heterocycles. The molecule has 4 rings (SSSR count). The predicted molar refractivity (Wildman–Crippen MR) is 200 cm³/mol. The van der Waals surface area contributed by atoms with Gasteiger partial charge in [-0.05, 0) is 77.1 Å². The van der Waals surface area contributed by atoms with Gasteiger partial charge in [0.15, 0.2) is 5.78 Å². The number of thiophene rings is 1. The number of benzene rings is 2. The zero-order valence-electron chi connectivity index (χ0n) is 30.7. The molecule has 0 unspecified atom stereocenters. The molecule has 0 bridgehead atoms. The molecule has 2 aromatic heterocycles. The predicted octanol–water partition coefficient (Wildman–Crippen LogP) is 12.5. The summed E-state index contributed by atoms with van der Waals surface area (Å²) in [6, 6.07) is 19.4. The Balaban J connectivity index is 0.000000410. The van der Waals surface area contributed by atoms with E-state index in [2.05, 4.69) is 104 Å². The van der Waals surface area contributed by atoms with Gasteiger partial charge >= 0.3 is 0 Å². The third-order valence-electron chi connectivity index (χ3n) is 8.86. The standard InChI is InChI=1S/C29H32NS.C13H24O2.Ir/c1-18-9-19(2)11-20(10-18)25-16-27-22(17-30-25)14-26(31-27)21-12-23(28(3,4)5)15-24(13-21)29(6,7)8;1-5-10(6-2)12(14)9-13(15)11(7-3)8-4;/h9-10,12-17H,1-8H3;9-11,14H,5-8H2,1-4H3;/q-1;;/b;12-9-;. The fourth-order valence-corrected chi connectivity index (χ4v) is 6.73. The maximum Gasteiger partial charge on any atom is 0.162 e. The Kier molecular flexibility index (Phi) is 14.8. The molecule has 5 heteroatoms. The molecule has 0 aliphatic rings. The number of fused-ring (bicyclic) bond motifs is 1. The third-order valence-corrected chi connectivity index (χ3v) is 10.0. The Morgan fingerprint density at radius 2 is 1.38 bits per heavy atom. The van der Waals surface area contributed by atoms with E-state index in [9.17, 15) is 9.90 Å². The summed E-state index contributed by atoms with van der Waals surface area (Å²) in [6.45, 7) is 26.0. The maximum absolute atomic E-state index is 11.7. The van der Waals surface area contributed by atoms with Crippen molar-refractivity contribution in [3.63, 3.8) is 0 Å². The maximum atomic E-state index is 11.7. The summed E-state index contributed by atoms with van der Waals surface area (Å²) in [5, 5.41) is 11.0. The zero-order chi connectivity index (χ0) is 34.4. The fraction of sp³-hybridized carbons (Fsp3) is 0.476. The molecular formula is C42H56IrNO2S-. The molecule has 1 radical (unpaired) electrons. The van der Waals surface area contributed by atoms with Crippen molar-refractivity contribution in [2.45, 2.75) is 120 Å². The Bertz CT molecular complexity index is 1610. The molecule has 1 N–H and O–H groups in total. The van der Waals surface area contributed by atoms with E-state index < -0.39 is 0 Å². The number of aromatic nitrogens is 1. The number of nitrogens with zero attached hydrogens (tertiary/aromatic N) is 1. The zero-order valence-corrected chi connectivity index (χ0v) is 33.9. The van der Waals surface area contributed by atoms with Gasteiger partial charge in [-0.15, -0.1) is 46.2 Å². The van der Waals surface area contributed by atoms with Crippen molar-refractivity contribution in [3.8, 4) is 21.7 Å². The van der Waals surface area contributed by atoms with Crippen LogP contribution in [0.1, 0.15) is 117 Å². The van der Waals surface area contributed by atoms with Gasteiger partial charge in [-0.25, -0.2) is 0 Å². The average molecular weight is 831 g/mol. The summed E-state index contributed by atoms with van der Waals surface area (Å²) in [4.78, 5) is 17.8. The normalized spacial score (nSPS) is 12.3. The average Bonchev–Trinajstić information content (AvgIpc) is 3.41. The van der Waals surface area contributed by atoms with E-state index in [1.165, 1.54) is 43.3 Å². The minimum Gasteiger partial charge on any atom is -0.512 e. The summed E-state index contributed by atoms with van der Waals surface area (Å²) in [5.74, 6) is 0.547. The molecule has 0 fully saturated rings. The van der Waals surface area contributed by atoms with E-state index in [-0.39, 0.29) is 54.3 Å². The SMILES string of the molecule is CCC(CC)C(=O)/C=C(\O)C(CC)CC.Cc1[c-]c(-c2cc3sc(-c4cc(C(C)(C)C)cc(C(C)(C)C)c4)cc3cn2)cc(C)c1.[Ir]. The van der Waals surface area contributed by atoms with E-state index in [4.69, 9.17) is 4.98 Å². The van der Waals surface area contributed by atoms with Crippen LogP contribution in [0.5, 0.6) is 0 Å². The molecule has 47 heavy (non-hydrogen) atoms. The molecule has 4 aromatic rings. The topological polar surface area (TPSA) is 50.2 Å². The summed E-state index contributed by atoms with van der Waals surface area (Å²) >= 11 is 1.85. The van der Waals surface area contributed by atoms with Crippen LogP contribution in [0.3, 0.4) is 0 Å². The first kappa shape index (κ1) is 40.6. The summed E-state index contributed by atoms with van der Waals surface area (Å²) in [7, 11) is 0. The Hall–Kier alpha value is -2.59. The number of carbonyl (C=O) groups is 1. The number of aliphatic hydroxyl groups excluding tert-OH is 1. The van der Waals surface area contributed by atoms with Gasteiger partial charge in [0.1, 0.15) is 0 Å². The largest absolute Gasteiger partial charge is 0.512 e. The van der Waals surface area contributed by atoms with Crippen molar-refractivity contribution in [2.75, 3.05) is 0 Å². The van der Waals surface area contributed by atoms with Crippen molar-refractivity contribution >= 4 is 27.2 Å². The summed E-state index contributed by atoms with van der Waals surface area (Å²) in [5.41, 5.74) is 8.75. The van der Waals surface area contributed by atoms with E-state index >= 15 is 0 Å². The first-order chi connectivity index (χ1) is 21.5. The molecule has 3 nitrogen and oxygen atoms in total. The van der Waals surface area contributed by atoms with Gasteiger partial charge < -0.3 is 10.1 Å².